The summed E-state index contributed by atoms with van der Waals surface area (Å²) < 4.78 is 6.86. The minimum Gasteiger partial charge on any atom is -0.550 e. The molecule has 0 bridgehead atoms. The number of anilines is 1. The van der Waals surface area contributed by atoms with E-state index in [-0.39, 0.29) is 18.9 Å². The highest BCUT2D eigenvalue weighted by atomic mass is 35.5. The largest absolute Gasteiger partial charge is 0.550 e. The summed E-state index contributed by atoms with van der Waals surface area (Å²) in [6, 6.07) is 4.71. The highest BCUT2D eigenvalue weighted by molar-refractivity contribution is 6.35. The Morgan fingerprint density at radius 2 is 2.12 bits per heavy atom. The summed E-state index contributed by atoms with van der Waals surface area (Å²) in [5, 5.41) is 17.8. The van der Waals surface area contributed by atoms with Gasteiger partial charge in [0.25, 0.3) is 5.91 Å². The van der Waals surface area contributed by atoms with Gasteiger partial charge >= 0.3 is 0 Å². The van der Waals surface area contributed by atoms with Gasteiger partial charge in [-0.2, -0.15) is 5.10 Å². The lowest BCUT2D eigenvalue weighted by Crippen LogP contribution is -2.22. The summed E-state index contributed by atoms with van der Waals surface area (Å²) >= 11 is 11.7. The fourth-order valence-corrected chi connectivity index (χ4v) is 2.33. The Hall–Kier alpha value is -2.25. The van der Waals surface area contributed by atoms with E-state index in [0.29, 0.717) is 34.4 Å². The number of carboxylic acid groups (broad SMARTS) is 1. The molecule has 1 aromatic carbocycles. The van der Waals surface area contributed by atoms with E-state index < -0.39 is 5.97 Å². The third kappa shape index (κ3) is 5.75. The first-order valence-corrected chi connectivity index (χ1v) is 7.79. The maximum Gasteiger partial charge on any atom is 0.262 e. The molecule has 0 unspecified atom stereocenters. The zero-order valence-electron chi connectivity index (χ0n) is 12.5. The average molecular weight is 371 g/mol. The molecule has 0 aliphatic carbocycles. The Bertz CT molecular complexity index is 733. The number of aryl methyl sites for hydroxylation is 1. The van der Waals surface area contributed by atoms with Crippen molar-refractivity contribution in [2.24, 2.45) is 0 Å². The van der Waals surface area contributed by atoms with Gasteiger partial charge in [-0.25, -0.2) is 0 Å². The molecule has 1 N–H and O–H groups in total. The third-order valence-corrected chi connectivity index (χ3v) is 3.47. The number of nitrogens with zero attached hydrogens (tertiary/aromatic N) is 2. The van der Waals surface area contributed by atoms with E-state index in [9.17, 15) is 14.7 Å². The monoisotopic (exact) mass is 370 g/mol. The second kappa shape index (κ2) is 8.56. The van der Waals surface area contributed by atoms with Crippen LogP contribution in [0.1, 0.15) is 12.8 Å². The first-order chi connectivity index (χ1) is 11.4. The molecule has 24 heavy (non-hydrogen) atoms. The lowest BCUT2D eigenvalue weighted by molar-refractivity contribution is -0.305. The third-order valence-electron chi connectivity index (χ3n) is 2.94. The Morgan fingerprint density at radius 3 is 2.83 bits per heavy atom. The van der Waals surface area contributed by atoms with Gasteiger partial charge in [-0.15, -0.1) is 0 Å². The smallest absolute Gasteiger partial charge is 0.262 e. The predicted molar refractivity (Wildman–Crippen MR) is 87.1 cm³/mol. The summed E-state index contributed by atoms with van der Waals surface area (Å²) in [6.45, 7) is 0.192. The molecule has 0 saturated carbocycles. The maximum atomic E-state index is 11.8. The molecule has 2 rings (SSSR count). The van der Waals surface area contributed by atoms with Crippen LogP contribution in [-0.4, -0.2) is 28.3 Å². The number of benzene rings is 1. The summed E-state index contributed by atoms with van der Waals surface area (Å²) in [6.07, 6.45) is 3.42. The van der Waals surface area contributed by atoms with Gasteiger partial charge in [-0.3, -0.25) is 9.48 Å². The minimum absolute atomic E-state index is 0.0444. The molecule has 0 aliphatic heterocycles. The Labute approximate surface area is 148 Å². The van der Waals surface area contributed by atoms with Crippen LogP contribution in [0.5, 0.6) is 5.75 Å². The SMILES string of the molecule is O=C([O-])CCCn1cc(NC(=O)COc2ccc(Cl)cc2Cl)cn1. The molecule has 0 aliphatic rings. The number of carbonyl (C=O) groups excluding carboxylic acids is 2. The van der Waals surface area contributed by atoms with Crippen LogP contribution in [0, 0.1) is 0 Å². The quantitative estimate of drug-likeness (QED) is 0.763. The van der Waals surface area contributed by atoms with E-state index >= 15 is 0 Å². The van der Waals surface area contributed by atoms with Crippen molar-refractivity contribution in [1.82, 2.24) is 9.78 Å². The summed E-state index contributed by atoms with van der Waals surface area (Å²) in [5.41, 5.74) is 0.485. The van der Waals surface area contributed by atoms with Gasteiger partial charge in [0, 0.05) is 23.7 Å². The standard InChI is InChI=1S/C15H15Cl2N3O4/c16-10-3-4-13(12(17)6-10)24-9-14(21)19-11-7-18-20(8-11)5-1-2-15(22)23/h3-4,6-8H,1-2,5,9H2,(H,19,21)(H,22,23)/p-1. The normalized spacial score (nSPS) is 10.4. The number of amides is 1. The Kier molecular flexibility index (Phi) is 6.45. The number of hydrogen-bond donors (Lipinski definition) is 1. The van der Waals surface area contributed by atoms with Crippen LogP contribution in [0.2, 0.25) is 10.0 Å². The minimum atomic E-state index is -1.10. The van der Waals surface area contributed by atoms with Crippen LogP contribution in [-0.2, 0) is 16.1 Å². The molecule has 1 heterocycles. The van der Waals surface area contributed by atoms with E-state index in [0.717, 1.165) is 0 Å². The summed E-state index contributed by atoms with van der Waals surface area (Å²) in [4.78, 5) is 22.2. The van der Waals surface area contributed by atoms with E-state index in [1.807, 2.05) is 0 Å². The van der Waals surface area contributed by atoms with Crippen molar-refractivity contribution in [3.8, 4) is 5.75 Å². The fraction of sp³-hybridized carbons (Fsp3) is 0.267. The van der Waals surface area contributed by atoms with Crippen molar-refractivity contribution in [2.75, 3.05) is 11.9 Å². The number of nitrogens with one attached hydrogen (secondary N) is 1. The van der Waals surface area contributed by atoms with Gasteiger partial charge in [-0.05, 0) is 31.0 Å². The molecule has 9 heteroatoms. The van der Waals surface area contributed by atoms with Crippen molar-refractivity contribution < 1.29 is 19.4 Å². The van der Waals surface area contributed by atoms with Crippen molar-refractivity contribution >= 4 is 40.8 Å². The molecule has 0 radical (unpaired) electrons. The topological polar surface area (TPSA) is 96.3 Å². The zero-order valence-corrected chi connectivity index (χ0v) is 14.0. The van der Waals surface area contributed by atoms with Crippen molar-refractivity contribution in [3.63, 3.8) is 0 Å². The fourth-order valence-electron chi connectivity index (χ4n) is 1.87. The molecule has 2 aromatic rings. The van der Waals surface area contributed by atoms with Crippen LogP contribution >= 0.6 is 23.2 Å². The number of carboxylic acids is 1. The zero-order chi connectivity index (χ0) is 17.5. The molecule has 128 valence electrons. The van der Waals surface area contributed by atoms with Crippen LogP contribution in [0.15, 0.2) is 30.6 Å². The van der Waals surface area contributed by atoms with Crippen LogP contribution < -0.4 is 15.2 Å². The molecule has 0 atom stereocenters. The molecule has 7 nitrogen and oxygen atoms in total. The molecule has 0 spiro atoms. The average Bonchev–Trinajstić information content (AvgIpc) is 2.93. The summed E-state index contributed by atoms with van der Waals surface area (Å²) in [7, 11) is 0. The van der Waals surface area contributed by atoms with Gasteiger partial charge in [0.2, 0.25) is 0 Å². The molecule has 1 amide bonds. The Balaban J connectivity index is 1.80. The van der Waals surface area contributed by atoms with Gasteiger partial charge < -0.3 is 20.0 Å². The van der Waals surface area contributed by atoms with E-state index in [4.69, 9.17) is 27.9 Å². The van der Waals surface area contributed by atoms with Gasteiger partial charge in [0.1, 0.15) is 5.75 Å². The second-order valence-corrected chi connectivity index (χ2v) is 5.72. The van der Waals surface area contributed by atoms with Crippen molar-refractivity contribution in [2.45, 2.75) is 19.4 Å². The highest BCUT2D eigenvalue weighted by Crippen LogP contribution is 2.27. The number of rotatable bonds is 8. The number of aromatic nitrogens is 2. The molecular weight excluding hydrogens is 357 g/mol. The van der Waals surface area contributed by atoms with Crippen molar-refractivity contribution in [3.05, 3.63) is 40.6 Å². The number of ether oxygens (including phenoxy) is 1. The van der Waals surface area contributed by atoms with Crippen LogP contribution in [0.3, 0.4) is 0 Å². The lowest BCUT2D eigenvalue weighted by Gasteiger charge is -2.08. The highest BCUT2D eigenvalue weighted by Gasteiger charge is 2.08. The van der Waals surface area contributed by atoms with Crippen molar-refractivity contribution in [1.29, 1.82) is 0 Å². The van der Waals surface area contributed by atoms with Gasteiger partial charge in [0.15, 0.2) is 6.61 Å². The Morgan fingerprint density at radius 1 is 1.33 bits per heavy atom. The summed E-state index contributed by atoms with van der Waals surface area (Å²) in [5.74, 6) is -1.13. The first-order valence-electron chi connectivity index (χ1n) is 7.04. The van der Waals surface area contributed by atoms with E-state index in [1.165, 1.54) is 16.9 Å². The first kappa shape index (κ1) is 18.1. The van der Waals surface area contributed by atoms with E-state index in [1.54, 1.807) is 18.3 Å². The van der Waals surface area contributed by atoms with Gasteiger partial charge in [-0.1, -0.05) is 23.2 Å². The van der Waals surface area contributed by atoms with Gasteiger partial charge in [0.05, 0.1) is 16.9 Å². The number of carbonyl (C=O) groups is 2. The molecule has 0 saturated heterocycles. The van der Waals surface area contributed by atoms with Crippen LogP contribution in [0.25, 0.3) is 0 Å². The maximum absolute atomic E-state index is 11.8. The number of hydrogen-bond acceptors (Lipinski definition) is 5. The molecule has 0 fully saturated rings. The lowest BCUT2D eigenvalue weighted by atomic mass is 10.3. The molecule has 1 aromatic heterocycles. The number of aliphatic carboxylic acids is 1. The number of halogens is 2. The van der Waals surface area contributed by atoms with Crippen LogP contribution in [0.4, 0.5) is 5.69 Å². The van der Waals surface area contributed by atoms with E-state index in [2.05, 4.69) is 10.4 Å². The predicted octanol–water partition coefficient (Wildman–Crippen LogP) is 1.74. The molecular formula is C15H14Cl2N3O4-. The second-order valence-electron chi connectivity index (χ2n) is 4.88.